The summed E-state index contributed by atoms with van der Waals surface area (Å²) >= 11 is 0. The molecule has 0 unspecified atom stereocenters. The second-order valence-electron chi connectivity index (χ2n) is 5.15. The van der Waals surface area contributed by atoms with E-state index >= 15 is 0 Å². The minimum absolute atomic E-state index is 0.303. The van der Waals surface area contributed by atoms with Gasteiger partial charge in [-0.1, -0.05) is 39.0 Å². The Morgan fingerprint density at radius 3 is 2.18 bits per heavy atom. The molecule has 4 heteroatoms. The van der Waals surface area contributed by atoms with E-state index in [2.05, 4.69) is 5.32 Å². The fourth-order valence-electron chi connectivity index (χ4n) is 2.49. The van der Waals surface area contributed by atoms with Crippen LogP contribution in [0.3, 0.4) is 0 Å². The van der Waals surface area contributed by atoms with E-state index in [0.29, 0.717) is 24.1 Å². The fraction of sp³-hybridized carbons (Fsp3) is 1.00. The Kier molecular flexibility index (Phi) is 7.12. The van der Waals surface area contributed by atoms with Crippen molar-refractivity contribution in [1.82, 2.24) is 5.32 Å². The third-order valence-electron chi connectivity index (χ3n) is 3.47. The van der Waals surface area contributed by atoms with Gasteiger partial charge in [0, 0.05) is 18.3 Å². The lowest BCUT2D eigenvalue weighted by Crippen LogP contribution is -2.34. The second kappa shape index (κ2) is 8.09. The molecule has 0 heterocycles. The van der Waals surface area contributed by atoms with Crippen LogP contribution in [0.4, 0.5) is 0 Å². The van der Waals surface area contributed by atoms with Crippen molar-refractivity contribution in [2.75, 3.05) is 18.1 Å². The average Bonchev–Trinajstić information content (AvgIpc) is 2.20. The molecule has 3 nitrogen and oxygen atoms in total. The average molecular weight is 261 g/mol. The number of rotatable bonds is 6. The van der Waals surface area contributed by atoms with Gasteiger partial charge in [0.1, 0.15) is 0 Å². The molecule has 17 heavy (non-hydrogen) atoms. The van der Waals surface area contributed by atoms with Crippen molar-refractivity contribution in [2.24, 2.45) is 0 Å². The zero-order chi connectivity index (χ0) is 12.6. The highest BCUT2D eigenvalue weighted by atomic mass is 32.2. The molecule has 0 aromatic carbocycles. The molecule has 102 valence electrons. The van der Waals surface area contributed by atoms with Crippen LogP contribution in [0.2, 0.25) is 0 Å². The van der Waals surface area contributed by atoms with Gasteiger partial charge in [-0.25, -0.2) is 8.42 Å². The van der Waals surface area contributed by atoms with Crippen molar-refractivity contribution in [2.45, 2.75) is 64.3 Å². The molecule has 1 saturated carbocycles. The van der Waals surface area contributed by atoms with Crippen LogP contribution in [0.1, 0.15) is 58.3 Å². The van der Waals surface area contributed by atoms with E-state index in [1.807, 2.05) is 6.92 Å². The smallest absolute Gasteiger partial charge is 0.151 e. The molecule has 0 amide bonds. The number of nitrogens with one attached hydrogen (secondary N) is 1. The zero-order valence-corrected chi connectivity index (χ0v) is 11.9. The number of hydrogen-bond donors (Lipinski definition) is 1. The van der Waals surface area contributed by atoms with Crippen LogP contribution in [0, 0.1) is 0 Å². The summed E-state index contributed by atoms with van der Waals surface area (Å²) in [5.74, 6) is 0.636. The molecule has 0 bridgehead atoms. The van der Waals surface area contributed by atoms with Gasteiger partial charge >= 0.3 is 0 Å². The van der Waals surface area contributed by atoms with Gasteiger partial charge in [-0.2, -0.15) is 0 Å². The van der Waals surface area contributed by atoms with E-state index in [9.17, 15) is 8.42 Å². The highest BCUT2D eigenvalue weighted by Crippen LogP contribution is 2.16. The molecule has 0 aliphatic heterocycles. The highest BCUT2D eigenvalue weighted by Gasteiger charge is 2.13. The lowest BCUT2D eigenvalue weighted by molar-refractivity contribution is 0.396. The van der Waals surface area contributed by atoms with Crippen molar-refractivity contribution in [3.63, 3.8) is 0 Å². The predicted molar refractivity (Wildman–Crippen MR) is 73.1 cm³/mol. The number of sulfone groups is 1. The van der Waals surface area contributed by atoms with Gasteiger partial charge in [0.05, 0.1) is 5.75 Å². The highest BCUT2D eigenvalue weighted by molar-refractivity contribution is 7.91. The Bertz CT molecular complexity index is 280. The molecule has 0 atom stereocenters. The maximum absolute atomic E-state index is 11.6. The molecule has 1 aliphatic rings. The zero-order valence-electron chi connectivity index (χ0n) is 11.1. The van der Waals surface area contributed by atoms with Crippen molar-refractivity contribution >= 4 is 9.84 Å². The van der Waals surface area contributed by atoms with Gasteiger partial charge in [-0.05, 0) is 19.3 Å². The lowest BCUT2D eigenvalue weighted by Gasteiger charge is -2.21. The van der Waals surface area contributed by atoms with E-state index in [1.165, 1.54) is 44.9 Å². The summed E-state index contributed by atoms with van der Waals surface area (Å²) in [6.45, 7) is 2.55. The van der Waals surface area contributed by atoms with E-state index in [4.69, 9.17) is 0 Å². The molecule has 1 rings (SSSR count). The minimum atomic E-state index is -2.81. The van der Waals surface area contributed by atoms with Crippen molar-refractivity contribution < 1.29 is 8.42 Å². The van der Waals surface area contributed by atoms with Crippen molar-refractivity contribution in [3.8, 4) is 0 Å². The first-order chi connectivity index (χ1) is 8.14. The Morgan fingerprint density at radius 2 is 1.59 bits per heavy atom. The predicted octanol–water partition coefficient (Wildman–Crippen LogP) is 2.51. The van der Waals surface area contributed by atoms with Gasteiger partial charge in [-0.3, -0.25) is 0 Å². The van der Waals surface area contributed by atoms with Crippen molar-refractivity contribution in [3.05, 3.63) is 0 Å². The first-order valence-electron chi connectivity index (χ1n) is 7.08. The second-order valence-corrected chi connectivity index (χ2v) is 7.45. The van der Waals surface area contributed by atoms with Crippen LogP contribution >= 0.6 is 0 Å². The Balaban J connectivity index is 2.20. The molecular weight excluding hydrogens is 234 g/mol. The SMILES string of the molecule is CCCS(=O)(=O)CCNC1CCCCCCC1. The van der Waals surface area contributed by atoms with Gasteiger partial charge in [-0.15, -0.1) is 0 Å². The quantitative estimate of drug-likeness (QED) is 0.799. The third-order valence-corrected chi connectivity index (χ3v) is 5.32. The maximum Gasteiger partial charge on any atom is 0.151 e. The summed E-state index contributed by atoms with van der Waals surface area (Å²) in [7, 11) is -2.81. The molecule has 0 radical (unpaired) electrons. The van der Waals surface area contributed by atoms with E-state index in [0.717, 1.165) is 6.42 Å². The van der Waals surface area contributed by atoms with E-state index < -0.39 is 9.84 Å². The molecule has 1 fully saturated rings. The lowest BCUT2D eigenvalue weighted by atomic mass is 9.97. The summed E-state index contributed by atoms with van der Waals surface area (Å²) in [6, 6.07) is 0.548. The molecular formula is C13H27NO2S. The summed E-state index contributed by atoms with van der Waals surface area (Å²) in [5, 5.41) is 3.42. The Labute approximate surface area is 106 Å². The van der Waals surface area contributed by atoms with Crippen LogP contribution in [0.5, 0.6) is 0 Å². The molecule has 0 aromatic heterocycles. The monoisotopic (exact) mass is 261 g/mol. The molecule has 1 aliphatic carbocycles. The van der Waals surface area contributed by atoms with Crippen LogP contribution in [-0.4, -0.2) is 32.5 Å². The van der Waals surface area contributed by atoms with Crippen LogP contribution in [0.25, 0.3) is 0 Å². The minimum Gasteiger partial charge on any atom is -0.313 e. The van der Waals surface area contributed by atoms with Gasteiger partial charge in [0.2, 0.25) is 0 Å². The van der Waals surface area contributed by atoms with Gasteiger partial charge in [0.25, 0.3) is 0 Å². The van der Waals surface area contributed by atoms with Crippen LogP contribution in [-0.2, 0) is 9.84 Å². The first-order valence-corrected chi connectivity index (χ1v) is 8.90. The van der Waals surface area contributed by atoms with Crippen LogP contribution < -0.4 is 5.32 Å². The standard InChI is InChI=1S/C13H27NO2S/c1-2-11-17(15,16)12-10-14-13-8-6-4-3-5-7-9-13/h13-14H,2-12H2,1H3. The summed E-state index contributed by atoms with van der Waals surface area (Å²) in [4.78, 5) is 0. The summed E-state index contributed by atoms with van der Waals surface area (Å²) in [6.07, 6.45) is 9.79. The molecule has 1 N–H and O–H groups in total. The Morgan fingerprint density at radius 1 is 1.00 bits per heavy atom. The van der Waals surface area contributed by atoms with Crippen LogP contribution in [0.15, 0.2) is 0 Å². The maximum atomic E-state index is 11.6. The van der Waals surface area contributed by atoms with Gasteiger partial charge < -0.3 is 5.32 Å². The van der Waals surface area contributed by atoms with Gasteiger partial charge in [0.15, 0.2) is 9.84 Å². The summed E-state index contributed by atoms with van der Waals surface area (Å²) < 4.78 is 23.1. The molecule has 0 saturated heterocycles. The summed E-state index contributed by atoms with van der Waals surface area (Å²) in [5.41, 5.74) is 0. The third kappa shape index (κ3) is 7.04. The van der Waals surface area contributed by atoms with Crippen molar-refractivity contribution in [1.29, 1.82) is 0 Å². The first kappa shape index (κ1) is 15.0. The normalized spacial score (nSPS) is 19.8. The molecule has 0 aromatic rings. The fourth-order valence-corrected chi connectivity index (χ4v) is 3.75. The number of hydrogen-bond acceptors (Lipinski definition) is 3. The van der Waals surface area contributed by atoms with E-state index in [-0.39, 0.29) is 0 Å². The van der Waals surface area contributed by atoms with E-state index in [1.54, 1.807) is 0 Å². The largest absolute Gasteiger partial charge is 0.313 e. The Hall–Kier alpha value is -0.0900. The topological polar surface area (TPSA) is 46.2 Å². The molecule has 0 spiro atoms.